The van der Waals surface area contributed by atoms with Crippen LogP contribution >= 0.6 is 0 Å². The molecule has 0 bridgehead atoms. The first-order valence-electron chi connectivity index (χ1n) is 11.0. The smallest absolute Gasteiger partial charge is 0.251 e. The molecule has 1 N–H and O–H groups in total. The number of methoxy groups -OCH3 is 1. The highest BCUT2D eigenvalue weighted by Crippen LogP contribution is 2.22. The van der Waals surface area contributed by atoms with E-state index in [9.17, 15) is 4.79 Å². The minimum Gasteiger partial charge on any atom is -0.497 e. The Labute approximate surface area is 184 Å². The van der Waals surface area contributed by atoms with E-state index in [1.54, 1.807) is 7.11 Å². The molecule has 1 atom stereocenters. The third-order valence-electron chi connectivity index (χ3n) is 6.06. The van der Waals surface area contributed by atoms with E-state index in [1.807, 2.05) is 36.4 Å². The van der Waals surface area contributed by atoms with Crippen LogP contribution < -0.4 is 10.1 Å². The molecule has 1 amide bonds. The highest BCUT2D eigenvalue weighted by atomic mass is 16.5. The van der Waals surface area contributed by atoms with E-state index in [0.717, 1.165) is 43.8 Å². The van der Waals surface area contributed by atoms with Crippen LogP contribution in [-0.2, 0) is 19.5 Å². The van der Waals surface area contributed by atoms with Crippen LogP contribution in [0.25, 0.3) is 0 Å². The number of rotatable bonds is 7. The first-order valence-corrected chi connectivity index (χ1v) is 11.0. The maximum atomic E-state index is 12.8. The van der Waals surface area contributed by atoms with E-state index in [0.29, 0.717) is 5.56 Å². The first kappa shape index (κ1) is 21.1. The fraction of sp³-hybridized carbons (Fsp3) is 0.296. The highest BCUT2D eigenvalue weighted by Gasteiger charge is 2.17. The summed E-state index contributed by atoms with van der Waals surface area (Å²) in [6.07, 6.45) is 1.92. The van der Waals surface area contributed by atoms with Crippen LogP contribution in [0.4, 0.5) is 0 Å². The molecule has 3 aromatic carbocycles. The average Bonchev–Trinajstić information content (AvgIpc) is 2.83. The number of carbonyl (C=O) groups excluding carboxylic acids is 1. The Bertz CT molecular complexity index is 1010. The molecule has 4 nitrogen and oxygen atoms in total. The molecule has 1 aliphatic rings. The number of nitrogens with zero attached hydrogens (tertiary/aromatic N) is 1. The van der Waals surface area contributed by atoms with Gasteiger partial charge in [-0.25, -0.2) is 0 Å². The Balaban J connectivity index is 1.36. The predicted octanol–water partition coefficient (Wildman–Crippen LogP) is 5.13. The minimum absolute atomic E-state index is 0.0218. The summed E-state index contributed by atoms with van der Waals surface area (Å²) in [4.78, 5) is 15.3. The Morgan fingerprint density at radius 2 is 1.71 bits per heavy atom. The molecule has 0 radical (unpaired) electrons. The van der Waals surface area contributed by atoms with E-state index in [-0.39, 0.29) is 11.9 Å². The fourth-order valence-electron chi connectivity index (χ4n) is 4.21. The molecule has 0 spiro atoms. The van der Waals surface area contributed by atoms with Crippen LogP contribution in [0.1, 0.15) is 52.0 Å². The second-order valence-electron chi connectivity index (χ2n) is 8.13. The van der Waals surface area contributed by atoms with Crippen LogP contribution in [0.15, 0.2) is 72.8 Å². The van der Waals surface area contributed by atoms with Crippen molar-refractivity contribution in [1.29, 1.82) is 0 Å². The van der Waals surface area contributed by atoms with E-state index in [1.165, 1.54) is 16.7 Å². The van der Waals surface area contributed by atoms with Crippen molar-refractivity contribution in [3.63, 3.8) is 0 Å². The van der Waals surface area contributed by atoms with Crippen LogP contribution in [-0.4, -0.2) is 24.5 Å². The van der Waals surface area contributed by atoms with Crippen molar-refractivity contribution in [2.75, 3.05) is 13.7 Å². The van der Waals surface area contributed by atoms with Gasteiger partial charge in [-0.05, 0) is 59.4 Å². The summed E-state index contributed by atoms with van der Waals surface area (Å²) in [5, 5.41) is 3.16. The Morgan fingerprint density at radius 1 is 1.00 bits per heavy atom. The number of ether oxygens (including phenoxy) is 1. The highest BCUT2D eigenvalue weighted by molar-refractivity contribution is 5.94. The van der Waals surface area contributed by atoms with Gasteiger partial charge in [-0.1, -0.05) is 55.5 Å². The van der Waals surface area contributed by atoms with Crippen molar-refractivity contribution < 1.29 is 9.53 Å². The fourth-order valence-corrected chi connectivity index (χ4v) is 4.21. The molecule has 0 aromatic heterocycles. The van der Waals surface area contributed by atoms with E-state index >= 15 is 0 Å². The molecule has 0 fully saturated rings. The number of hydrogen-bond donors (Lipinski definition) is 1. The Hall–Kier alpha value is -3.11. The monoisotopic (exact) mass is 414 g/mol. The lowest BCUT2D eigenvalue weighted by molar-refractivity contribution is 0.0935. The van der Waals surface area contributed by atoms with Crippen LogP contribution in [0, 0.1) is 0 Å². The summed E-state index contributed by atoms with van der Waals surface area (Å²) in [6, 6.07) is 24.6. The number of hydrogen-bond acceptors (Lipinski definition) is 3. The maximum Gasteiger partial charge on any atom is 0.251 e. The molecule has 3 aromatic rings. The lowest BCUT2D eigenvalue weighted by atomic mass is 9.99. The third-order valence-corrected chi connectivity index (χ3v) is 6.06. The van der Waals surface area contributed by atoms with Gasteiger partial charge in [0.2, 0.25) is 0 Å². The van der Waals surface area contributed by atoms with Crippen molar-refractivity contribution in [1.82, 2.24) is 10.2 Å². The van der Waals surface area contributed by atoms with Crippen LogP contribution in [0.5, 0.6) is 5.75 Å². The molecule has 1 unspecified atom stereocenters. The van der Waals surface area contributed by atoms with Gasteiger partial charge in [0.25, 0.3) is 5.91 Å². The summed E-state index contributed by atoms with van der Waals surface area (Å²) >= 11 is 0. The van der Waals surface area contributed by atoms with Crippen molar-refractivity contribution in [2.45, 2.75) is 38.9 Å². The van der Waals surface area contributed by atoms with E-state index < -0.39 is 0 Å². The van der Waals surface area contributed by atoms with E-state index in [4.69, 9.17) is 4.74 Å². The van der Waals surface area contributed by atoms with Gasteiger partial charge in [-0.2, -0.15) is 0 Å². The zero-order chi connectivity index (χ0) is 21.6. The lowest BCUT2D eigenvalue weighted by Crippen LogP contribution is -2.30. The summed E-state index contributed by atoms with van der Waals surface area (Å²) in [6.45, 7) is 5.03. The van der Waals surface area contributed by atoms with E-state index in [2.05, 4.69) is 53.5 Å². The van der Waals surface area contributed by atoms with Gasteiger partial charge in [0.1, 0.15) is 5.75 Å². The number of carbonyl (C=O) groups is 1. The molecule has 1 heterocycles. The largest absolute Gasteiger partial charge is 0.497 e. The van der Waals surface area contributed by atoms with Crippen molar-refractivity contribution >= 4 is 5.91 Å². The molecule has 0 saturated carbocycles. The number of fused-ring (bicyclic) bond motifs is 1. The first-order chi connectivity index (χ1) is 15.2. The quantitative estimate of drug-likeness (QED) is 0.582. The van der Waals surface area contributed by atoms with Gasteiger partial charge in [0.05, 0.1) is 13.2 Å². The average molecular weight is 415 g/mol. The summed E-state index contributed by atoms with van der Waals surface area (Å²) in [5.74, 6) is 0.777. The second-order valence-corrected chi connectivity index (χ2v) is 8.13. The summed E-state index contributed by atoms with van der Waals surface area (Å²) in [7, 11) is 1.65. The normalized spacial score (nSPS) is 14.5. The molecule has 0 saturated heterocycles. The number of benzene rings is 3. The molecular weight excluding hydrogens is 384 g/mol. The van der Waals surface area contributed by atoms with Crippen LogP contribution in [0.2, 0.25) is 0 Å². The molecular formula is C27H30N2O2. The molecule has 1 aliphatic heterocycles. The standard InChI is InChI=1S/C27H30N2O2/c1-3-26(22-12-14-25(31-2)15-13-22)28-27(30)23-10-8-20(9-11-23)18-29-17-16-21-6-4-5-7-24(21)19-29/h4-15,26H,3,16-19H2,1-2H3,(H,28,30). The molecule has 4 heteroatoms. The van der Waals surface area contributed by atoms with Crippen LogP contribution in [0.3, 0.4) is 0 Å². The zero-order valence-corrected chi connectivity index (χ0v) is 18.3. The zero-order valence-electron chi connectivity index (χ0n) is 18.3. The number of nitrogens with one attached hydrogen (secondary N) is 1. The Kier molecular flexibility index (Phi) is 6.68. The third kappa shape index (κ3) is 5.15. The minimum atomic E-state index is -0.0406. The molecule has 31 heavy (non-hydrogen) atoms. The van der Waals surface area contributed by atoms with Crippen molar-refractivity contribution in [2.24, 2.45) is 0 Å². The summed E-state index contributed by atoms with van der Waals surface area (Å²) in [5.41, 5.74) is 5.90. The summed E-state index contributed by atoms with van der Waals surface area (Å²) < 4.78 is 5.23. The topological polar surface area (TPSA) is 41.6 Å². The maximum absolute atomic E-state index is 12.8. The molecule has 0 aliphatic carbocycles. The van der Waals surface area contributed by atoms with Crippen molar-refractivity contribution in [3.05, 3.63) is 101 Å². The molecule has 4 rings (SSSR count). The van der Waals surface area contributed by atoms with Crippen molar-refractivity contribution in [3.8, 4) is 5.75 Å². The van der Waals surface area contributed by atoms with Gasteiger partial charge in [0.15, 0.2) is 0 Å². The Morgan fingerprint density at radius 3 is 2.39 bits per heavy atom. The lowest BCUT2D eigenvalue weighted by Gasteiger charge is -2.28. The van der Waals surface area contributed by atoms with Gasteiger partial charge in [-0.3, -0.25) is 9.69 Å². The number of amides is 1. The SMILES string of the molecule is CCC(NC(=O)c1ccc(CN2CCc3ccccc3C2)cc1)c1ccc(OC)cc1. The second kappa shape index (κ2) is 9.80. The van der Waals surface area contributed by atoms with Gasteiger partial charge >= 0.3 is 0 Å². The van der Waals surface area contributed by atoms with Gasteiger partial charge in [-0.15, -0.1) is 0 Å². The van der Waals surface area contributed by atoms with Gasteiger partial charge < -0.3 is 10.1 Å². The molecule has 160 valence electrons. The predicted molar refractivity (Wildman–Crippen MR) is 124 cm³/mol. The van der Waals surface area contributed by atoms with Gasteiger partial charge in [0, 0.05) is 25.2 Å².